The van der Waals surface area contributed by atoms with Crippen LogP contribution in [0.25, 0.3) is 0 Å². The van der Waals surface area contributed by atoms with E-state index in [2.05, 4.69) is 5.10 Å². The Kier molecular flexibility index (Phi) is 3.57. The first kappa shape index (κ1) is 12.5. The Bertz CT molecular complexity index is 377. The van der Waals surface area contributed by atoms with E-state index in [1.54, 1.807) is 10.7 Å². The van der Waals surface area contributed by atoms with Crippen molar-refractivity contribution in [1.82, 2.24) is 9.78 Å². The van der Waals surface area contributed by atoms with Gasteiger partial charge in [-0.15, -0.1) is 0 Å². The van der Waals surface area contributed by atoms with Crippen LogP contribution in [0.2, 0.25) is 0 Å². The maximum atomic E-state index is 11.8. The summed E-state index contributed by atoms with van der Waals surface area (Å²) < 4.78 is 6.86. The second kappa shape index (κ2) is 4.55. The molecular weight excluding hydrogens is 206 g/mol. The van der Waals surface area contributed by atoms with E-state index in [1.165, 1.54) is 0 Å². The normalized spacial score (nSPS) is 11.5. The van der Waals surface area contributed by atoms with E-state index >= 15 is 0 Å². The number of ether oxygens (including phenoxy) is 1. The maximum Gasteiger partial charge on any atom is 0.357 e. The van der Waals surface area contributed by atoms with Gasteiger partial charge in [-0.2, -0.15) is 5.10 Å². The largest absolute Gasteiger partial charge is 0.455 e. The minimum atomic E-state index is -0.507. The average molecular weight is 225 g/mol. The summed E-state index contributed by atoms with van der Waals surface area (Å²) in [6.45, 7) is 8.15. The second-order valence-electron chi connectivity index (χ2n) is 4.68. The molecule has 5 nitrogen and oxygen atoms in total. The number of aromatic nitrogens is 2. The van der Waals surface area contributed by atoms with Crippen LogP contribution in [0.5, 0.6) is 0 Å². The summed E-state index contributed by atoms with van der Waals surface area (Å²) in [5.74, 6) is -0.0422. The van der Waals surface area contributed by atoms with Crippen molar-refractivity contribution in [3.63, 3.8) is 0 Å². The summed E-state index contributed by atoms with van der Waals surface area (Å²) in [6.07, 6.45) is 0.886. The highest BCUT2D eigenvalue weighted by Gasteiger charge is 2.21. The molecule has 16 heavy (non-hydrogen) atoms. The van der Waals surface area contributed by atoms with Gasteiger partial charge in [0, 0.05) is 12.6 Å². The van der Waals surface area contributed by atoms with E-state index in [4.69, 9.17) is 10.5 Å². The number of carbonyl (C=O) groups is 1. The first-order valence-corrected chi connectivity index (χ1v) is 5.40. The number of hydrogen-bond acceptors (Lipinski definition) is 4. The van der Waals surface area contributed by atoms with Gasteiger partial charge in [0.1, 0.15) is 17.1 Å². The van der Waals surface area contributed by atoms with Crippen LogP contribution in [0.1, 0.15) is 44.6 Å². The molecule has 0 saturated heterocycles. The predicted molar refractivity (Wildman–Crippen MR) is 62.1 cm³/mol. The number of anilines is 1. The van der Waals surface area contributed by atoms with Gasteiger partial charge in [-0.1, -0.05) is 6.92 Å². The zero-order chi connectivity index (χ0) is 12.3. The summed E-state index contributed by atoms with van der Waals surface area (Å²) in [5, 5.41) is 4.05. The van der Waals surface area contributed by atoms with Gasteiger partial charge in [0.05, 0.1) is 0 Å². The number of nitrogens with zero attached hydrogens (tertiary/aromatic N) is 2. The Balaban J connectivity index is 2.90. The van der Waals surface area contributed by atoms with Crippen molar-refractivity contribution in [2.45, 2.75) is 46.3 Å². The van der Waals surface area contributed by atoms with Crippen LogP contribution in [0.4, 0.5) is 5.82 Å². The fraction of sp³-hybridized carbons (Fsp3) is 0.636. The Morgan fingerprint density at radius 2 is 2.19 bits per heavy atom. The van der Waals surface area contributed by atoms with E-state index in [9.17, 15) is 4.79 Å². The van der Waals surface area contributed by atoms with Crippen molar-refractivity contribution in [2.24, 2.45) is 0 Å². The Hall–Kier alpha value is -1.52. The third-order valence-electron chi connectivity index (χ3n) is 1.84. The molecule has 90 valence electrons. The number of hydrogen-bond donors (Lipinski definition) is 1. The second-order valence-corrected chi connectivity index (χ2v) is 4.68. The molecule has 1 rings (SSSR count). The summed E-state index contributed by atoms with van der Waals surface area (Å²) >= 11 is 0. The molecule has 0 radical (unpaired) electrons. The molecule has 0 aliphatic rings. The van der Waals surface area contributed by atoms with Gasteiger partial charge in [-0.3, -0.25) is 4.68 Å². The van der Waals surface area contributed by atoms with Crippen LogP contribution >= 0.6 is 0 Å². The third-order valence-corrected chi connectivity index (χ3v) is 1.84. The van der Waals surface area contributed by atoms with Gasteiger partial charge < -0.3 is 10.5 Å². The highest BCUT2D eigenvalue weighted by atomic mass is 16.6. The van der Waals surface area contributed by atoms with Gasteiger partial charge in [0.15, 0.2) is 0 Å². The van der Waals surface area contributed by atoms with Crippen LogP contribution < -0.4 is 5.73 Å². The molecule has 0 saturated carbocycles. The number of aryl methyl sites for hydroxylation is 1. The van der Waals surface area contributed by atoms with Crippen molar-refractivity contribution in [1.29, 1.82) is 0 Å². The Morgan fingerprint density at radius 3 is 2.69 bits per heavy atom. The van der Waals surface area contributed by atoms with Crippen molar-refractivity contribution < 1.29 is 9.53 Å². The van der Waals surface area contributed by atoms with Gasteiger partial charge in [0.25, 0.3) is 0 Å². The molecule has 0 unspecified atom stereocenters. The number of carbonyl (C=O) groups excluding carboxylic acids is 1. The third kappa shape index (κ3) is 3.25. The van der Waals surface area contributed by atoms with Crippen LogP contribution in [0, 0.1) is 0 Å². The Labute approximate surface area is 95.6 Å². The molecule has 0 amide bonds. The summed E-state index contributed by atoms with van der Waals surface area (Å²) in [7, 11) is 0. The molecule has 2 N–H and O–H groups in total. The maximum absolute atomic E-state index is 11.8. The standard InChI is InChI=1S/C11H19N3O2/c1-5-6-14-8(7-9(12)13-14)10(15)16-11(2,3)4/h7H,5-6H2,1-4H3,(H2,12,13). The topological polar surface area (TPSA) is 70.1 Å². The van der Waals surface area contributed by atoms with Crippen LogP contribution in [-0.2, 0) is 11.3 Å². The number of esters is 1. The minimum absolute atomic E-state index is 0.342. The molecule has 5 heteroatoms. The molecule has 0 aliphatic heterocycles. The van der Waals surface area contributed by atoms with Crippen molar-refractivity contribution in [2.75, 3.05) is 5.73 Å². The summed E-state index contributed by atoms with van der Waals surface area (Å²) in [5.41, 5.74) is 5.48. The quantitative estimate of drug-likeness (QED) is 0.797. The number of nitrogens with two attached hydrogens (primary N) is 1. The predicted octanol–water partition coefficient (Wildman–Crippen LogP) is 1.83. The Morgan fingerprint density at radius 1 is 1.56 bits per heavy atom. The van der Waals surface area contributed by atoms with Gasteiger partial charge in [-0.05, 0) is 27.2 Å². The highest BCUT2D eigenvalue weighted by molar-refractivity contribution is 5.88. The van der Waals surface area contributed by atoms with Crippen molar-refractivity contribution >= 4 is 11.8 Å². The lowest BCUT2D eigenvalue weighted by Gasteiger charge is -2.19. The lowest BCUT2D eigenvalue weighted by Crippen LogP contribution is -2.25. The molecule has 0 bridgehead atoms. The molecule has 0 atom stereocenters. The molecule has 1 aromatic heterocycles. The zero-order valence-electron chi connectivity index (χ0n) is 10.3. The van der Waals surface area contributed by atoms with E-state index < -0.39 is 5.60 Å². The van der Waals surface area contributed by atoms with Crippen LogP contribution in [0.15, 0.2) is 6.07 Å². The number of nitrogen functional groups attached to an aromatic ring is 1. The average Bonchev–Trinajstić information content (AvgIpc) is 2.44. The molecule has 1 aromatic rings. The van der Waals surface area contributed by atoms with E-state index in [0.29, 0.717) is 18.1 Å². The molecule has 0 aliphatic carbocycles. The summed E-state index contributed by atoms with van der Waals surface area (Å²) in [4.78, 5) is 11.8. The lowest BCUT2D eigenvalue weighted by atomic mass is 10.2. The smallest absolute Gasteiger partial charge is 0.357 e. The first-order valence-electron chi connectivity index (χ1n) is 5.40. The number of rotatable bonds is 3. The lowest BCUT2D eigenvalue weighted by molar-refractivity contribution is 0.00559. The fourth-order valence-corrected chi connectivity index (χ4v) is 1.31. The SMILES string of the molecule is CCCn1nc(N)cc1C(=O)OC(C)(C)C. The fourth-order valence-electron chi connectivity index (χ4n) is 1.31. The van der Waals surface area contributed by atoms with Crippen molar-refractivity contribution in [3.05, 3.63) is 11.8 Å². The zero-order valence-corrected chi connectivity index (χ0v) is 10.3. The monoisotopic (exact) mass is 225 g/mol. The van der Waals surface area contributed by atoms with Gasteiger partial charge >= 0.3 is 5.97 Å². The van der Waals surface area contributed by atoms with Gasteiger partial charge in [0.2, 0.25) is 0 Å². The molecule has 0 aromatic carbocycles. The first-order chi connectivity index (χ1) is 7.33. The molecule has 0 spiro atoms. The summed E-state index contributed by atoms with van der Waals surface area (Å²) in [6, 6.07) is 1.55. The van der Waals surface area contributed by atoms with Gasteiger partial charge in [-0.25, -0.2) is 4.79 Å². The minimum Gasteiger partial charge on any atom is -0.455 e. The molecule has 1 heterocycles. The van der Waals surface area contributed by atoms with Crippen molar-refractivity contribution in [3.8, 4) is 0 Å². The molecule has 0 fully saturated rings. The highest BCUT2D eigenvalue weighted by Crippen LogP contribution is 2.14. The van der Waals surface area contributed by atoms with E-state index in [0.717, 1.165) is 6.42 Å². The van der Waals surface area contributed by atoms with E-state index in [1.807, 2.05) is 27.7 Å². The van der Waals surface area contributed by atoms with Crippen LogP contribution in [0.3, 0.4) is 0 Å². The van der Waals surface area contributed by atoms with E-state index in [-0.39, 0.29) is 5.97 Å². The molecular formula is C11H19N3O2. The van der Waals surface area contributed by atoms with Crippen LogP contribution in [-0.4, -0.2) is 21.4 Å².